The SMILES string of the molecule is Cl.c1ccc(P(c2ccccc2)C2CCCCC2)cc1. The van der Waals surface area contributed by atoms with Crippen molar-refractivity contribution in [3.63, 3.8) is 0 Å². The standard InChI is InChI=1S/C18H21P.ClH/c1-4-10-16(11-5-1)19(17-12-6-2-7-13-17)18-14-8-3-9-15-18;/h1-2,4-7,10-13,18H,3,8-9,14-15H2;1H. The van der Waals surface area contributed by atoms with Crippen molar-refractivity contribution in [3.8, 4) is 0 Å². The lowest BCUT2D eigenvalue weighted by molar-refractivity contribution is 0.513. The van der Waals surface area contributed by atoms with E-state index in [4.69, 9.17) is 0 Å². The third-order valence-corrected chi connectivity index (χ3v) is 6.96. The van der Waals surface area contributed by atoms with Crippen LogP contribution in [0.2, 0.25) is 0 Å². The minimum absolute atomic E-state index is 0. The Bertz CT molecular complexity index is 452. The first-order chi connectivity index (χ1) is 9.45. The van der Waals surface area contributed by atoms with Crippen molar-refractivity contribution in [2.45, 2.75) is 37.8 Å². The normalized spacial score (nSPS) is 15.8. The molecule has 0 nitrogen and oxygen atoms in total. The van der Waals surface area contributed by atoms with E-state index in [2.05, 4.69) is 60.7 Å². The van der Waals surface area contributed by atoms with E-state index in [1.165, 1.54) is 32.1 Å². The fourth-order valence-corrected chi connectivity index (χ4v) is 6.10. The molecular weight excluding hydrogens is 283 g/mol. The summed E-state index contributed by atoms with van der Waals surface area (Å²) in [4.78, 5) is 0. The molecule has 0 saturated heterocycles. The van der Waals surface area contributed by atoms with E-state index in [0.29, 0.717) is 0 Å². The summed E-state index contributed by atoms with van der Waals surface area (Å²) >= 11 is 0. The van der Waals surface area contributed by atoms with Crippen molar-refractivity contribution in [2.24, 2.45) is 0 Å². The number of hydrogen-bond acceptors (Lipinski definition) is 0. The fourth-order valence-electron chi connectivity index (χ4n) is 3.09. The minimum atomic E-state index is -0.169. The molecule has 3 rings (SSSR count). The van der Waals surface area contributed by atoms with Crippen molar-refractivity contribution < 1.29 is 0 Å². The Balaban J connectivity index is 0.00000147. The van der Waals surface area contributed by atoms with Gasteiger partial charge in [0.25, 0.3) is 0 Å². The summed E-state index contributed by atoms with van der Waals surface area (Å²) in [6.45, 7) is 0. The van der Waals surface area contributed by atoms with Crippen LogP contribution in [0.25, 0.3) is 0 Å². The number of rotatable bonds is 3. The molecular formula is C18H22ClP. The van der Waals surface area contributed by atoms with Gasteiger partial charge in [0, 0.05) is 0 Å². The molecule has 0 N–H and O–H groups in total. The number of halogens is 1. The molecule has 0 aliphatic heterocycles. The van der Waals surface area contributed by atoms with Crippen LogP contribution >= 0.6 is 20.3 Å². The molecule has 0 spiro atoms. The molecule has 2 aromatic rings. The molecule has 0 amide bonds. The summed E-state index contributed by atoms with van der Waals surface area (Å²) in [6, 6.07) is 22.3. The van der Waals surface area contributed by atoms with Crippen LogP contribution < -0.4 is 10.6 Å². The van der Waals surface area contributed by atoms with Crippen molar-refractivity contribution >= 4 is 30.9 Å². The van der Waals surface area contributed by atoms with Crippen molar-refractivity contribution in [2.75, 3.05) is 0 Å². The van der Waals surface area contributed by atoms with Crippen LogP contribution in [-0.4, -0.2) is 5.66 Å². The van der Waals surface area contributed by atoms with Crippen LogP contribution in [0.5, 0.6) is 0 Å². The van der Waals surface area contributed by atoms with Crippen LogP contribution in [0.3, 0.4) is 0 Å². The molecule has 0 radical (unpaired) electrons. The summed E-state index contributed by atoms with van der Waals surface area (Å²) < 4.78 is 0. The predicted molar refractivity (Wildman–Crippen MR) is 93.2 cm³/mol. The summed E-state index contributed by atoms with van der Waals surface area (Å²) in [5, 5.41) is 3.10. The maximum absolute atomic E-state index is 2.33. The summed E-state index contributed by atoms with van der Waals surface area (Å²) in [7, 11) is -0.169. The number of benzene rings is 2. The number of hydrogen-bond donors (Lipinski definition) is 0. The Hall–Kier alpha value is -0.840. The van der Waals surface area contributed by atoms with Crippen LogP contribution in [0.15, 0.2) is 60.7 Å². The molecule has 0 unspecified atom stereocenters. The van der Waals surface area contributed by atoms with E-state index < -0.39 is 0 Å². The van der Waals surface area contributed by atoms with Gasteiger partial charge in [0.15, 0.2) is 0 Å². The summed E-state index contributed by atoms with van der Waals surface area (Å²) in [6.07, 6.45) is 7.10. The highest BCUT2D eigenvalue weighted by Crippen LogP contribution is 2.45. The van der Waals surface area contributed by atoms with Gasteiger partial charge in [0.2, 0.25) is 0 Å². The third kappa shape index (κ3) is 3.62. The Morgan fingerprint density at radius 2 is 1.10 bits per heavy atom. The van der Waals surface area contributed by atoms with E-state index in [1.807, 2.05) is 0 Å². The lowest BCUT2D eigenvalue weighted by Crippen LogP contribution is -2.23. The van der Waals surface area contributed by atoms with E-state index in [1.54, 1.807) is 10.6 Å². The molecule has 106 valence electrons. The van der Waals surface area contributed by atoms with E-state index >= 15 is 0 Å². The molecule has 0 heterocycles. The average molecular weight is 305 g/mol. The molecule has 1 aliphatic rings. The van der Waals surface area contributed by atoms with Crippen molar-refractivity contribution in [1.29, 1.82) is 0 Å². The maximum atomic E-state index is 2.33. The first kappa shape index (κ1) is 15.5. The van der Waals surface area contributed by atoms with Gasteiger partial charge in [0.1, 0.15) is 0 Å². The molecule has 2 heteroatoms. The first-order valence-electron chi connectivity index (χ1n) is 7.34. The summed E-state index contributed by atoms with van der Waals surface area (Å²) in [5.41, 5.74) is 0.883. The summed E-state index contributed by atoms with van der Waals surface area (Å²) in [5.74, 6) is 0. The lowest BCUT2D eigenvalue weighted by atomic mass is 10.0. The van der Waals surface area contributed by atoms with E-state index in [-0.39, 0.29) is 20.3 Å². The van der Waals surface area contributed by atoms with E-state index in [9.17, 15) is 0 Å². The topological polar surface area (TPSA) is 0 Å². The molecule has 20 heavy (non-hydrogen) atoms. The monoisotopic (exact) mass is 304 g/mol. The molecule has 0 aromatic heterocycles. The van der Waals surface area contributed by atoms with Gasteiger partial charge in [-0.1, -0.05) is 79.9 Å². The minimum Gasteiger partial charge on any atom is -0.147 e. The Morgan fingerprint density at radius 3 is 1.55 bits per heavy atom. The zero-order chi connectivity index (χ0) is 12.9. The largest absolute Gasteiger partial charge is 0.147 e. The van der Waals surface area contributed by atoms with Crippen molar-refractivity contribution in [3.05, 3.63) is 60.7 Å². The molecule has 1 aliphatic carbocycles. The Labute approximate surface area is 129 Å². The Kier molecular flexibility index (Phi) is 6.07. The van der Waals surface area contributed by atoms with Crippen LogP contribution in [0.1, 0.15) is 32.1 Å². The van der Waals surface area contributed by atoms with Gasteiger partial charge < -0.3 is 0 Å². The second kappa shape index (κ2) is 7.81. The maximum Gasteiger partial charge on any atom is -0.0129 e. The quantitative estimate of drug-likeness (QED) is 0.709. The zero-order valence-electron chi connectivity index (χ0n) is 11.7. The van der Waals surface area contributed by atoms with E-state index in [0.717, 1.165) is 5.66 Å². The molecule has 1 saturated carbocycles. The molecule has 0 atom stereocenters. The van der Waals surface area contributed by atoms with Gasteiger partial charge in [-0.2, -0.15) is 0 Å². The van der Waals surface area contributed by atoms with Gasteiger partial charge in [-0.25, -0.2) is 0 Å². The van der Waals surface area contributed by atoms with Gasteiger partial charge >= 0.3 is 0 Å². The first-order valence-corrected chi connectivity index (χ1v) is 8.75. The third-order valence-electron chi connectivity index (χ3n) is 4.01. The highest BCUT2D eigenvalue weighted by atomic mass is 35.5. The molecule has 1 fully saturated rings. The van der Waals surface area contributed by atoms with Crippen LogP contribution in [0, 0.1) is 0 Å². The predicted octanol–water partition coefficient (Wildman–Crippen LogP) is 4.87. The second-order valence-electron chi connectivity index (χ2n) is 5.33. The lowest BCUT2D eigenvalue weighted by Gasteiger charge is -2.31. The van der Waals surface area contributed by atoms with Crippen LogP contribution in [0.4, 0.5) is 0 Å². The van der Waals surface area contributed by atoms with Gasteiger partial charge in [-0.05, 0) is 37.0 Å². The smallest absolute Gasteiger partial charge is 0.0129 e. The highest BCUT2D eigenvalue weighted by Gasteiger charge is 2.25. The van der Waals surface area contributed by atoms with Gasteiger partial charge in [0.05, 0.1) is 0 Å². The fraction of sp³-hybridized carbons (Fsp3) is 0.333. The zero-order valence-corrected chi connectivity index (χ0v) is 13.5. The Morgan fingerprint density at radius 1 is 0.650 bits per heavy atom. The highest BCUT2D eigenvalue weighted by molar-refractivity contribution is 7.73. The molecule has 0 bridgehead atoms. The van der Waals surface area contributed by atoms with Crippen molar-refractivity contribution in [1.82, 2.24) is 0 Å². The van der Waals surface area contributed by atoms with Crippen LogP contribution in [-0.2, 0) is 0 Å². The molecule has 2 aromatic carbocycles. The van der Waals surface area contributed by atoms with Gasteiger partial charge in [-0.3, -0.25) is 0 Å². The van der Waals surface area contributed by atoms with Gasteiger partial charge in [-0.15, -0.1) is 12.4 Å². The second-order valence-corrected chi connectivity index (χ2v) is 7.84. The average Bonchev–Trinajstić information content (AvgIpc) is 2.51.